The van der Waals surface area contributed by atoms with Crippen LogP contribution >= 0.6 is 9.47 Å². The topological polar surface area (TPSA) is 29.5 Å². The van der Waals surface area contributed by atoms with E-state index in [1.807, 2.05) is 0 Å². The molecule has 0 bridgehead atoms. The van der Waals surface area contributed by atoms with E-state index in [4.69, 9.17) is 16.1 Å². The Morgan fingerprint density at radius 3 is 2.90 bits per heavy atom. The van der Waals surface area contributed by atoms with E-state index in [9.17, 15) is 0 Å². The van der Waals surface area contributed by atoms with Gasteiger partial charge in [-0.1, -0.05) is 0 Å². The first kappa shape index (κ1) is 9.91. The van der Waals surface area contributed by atoms with Crippen LogP contribution in [0.5, 0.6) is 0 Å². The van der Waals surface area contributed by atoms with E-state index in [2.05, 4.69) is 15.4 Å². The van der Waals surface area contributed by atoms with Gasteiger partial charge in [0.1, 0.15) is 0 Å². The van der Waals surface area contributed by atoms with Gasteiger partial charge < -0.3 is 9.63 Å². The van der Waals surface area contributed by atoms with Gasteiger partial charge >= 0.3 is 0 Å². The lowest BCUT2D eigenvalue weighted by Crippen LogP contribution is -2.05. The summed E-state index contributed by atoms with van der Waals surface area (Å²) >= 11 is 0. The van der Waals surface area contributed by atoms with Crippen LogP contribution in [0.2, 0.25) is 0 Å². The smallest absolute Gasteiger partial charge is 0.0650 e. The Kier molecular flexibility index (Phi) is 6.96. The monoisotopic (exact) mass is 160 g/mol. The largest absolute Gasteiger partial charge is 0.392 e. The van der Waals surface area contributed by atoms with Crippen LogP contribution in [0.4, 0.5) is 0 Å². The van der Waals surface area contributed by atoms with Crippen LogP contribution in [-0.4, -0.2) is 17.8 Å². The predicted octanol–water partition coefficient (Wildman–Crippen LogP) is 0.957. The first-order valence-electron chi connectivity index (χ1n) is 3.24. The maximum absolute atomic E-state index is 9.07. The molecule has 0 aliphatic heterocycles. The third-order valence-electron chi connectivity index (χ3n) is 1.15. The lowest BCUT2D eigenvalue weighted by molar-refractivity contribution is 0.160. The van der Waals surface area contributed by atoms with Crippen molar-refractivity contribution in [2.45, 2.75) is 25.4 Å². The molecule has 0 spiro atoms. The Balaban J connectivity index is 3.06. The average Bonchev–Trinajstić information content (AvgIpc) is 1.89. The highest BCUT2D eigenvalue weighted by Gasteiger charge is 1.99. The SMILES string of the molecule is C#CC[C@@H](O)CCCOP. The molecule has 0 rings (SSSR count). The van der Waals surface area contributed by atoms with Gasteiger partial charge in [-0.15, -0.1) is 12.3 Å². The second kappa shape index (κ2) is 7.02. The van der Waals surface area contributed by atoms with E-state index in [1.165, 1.54) is 0 Å². The summed E-state index contributed by atoms with van der Waals surface area (Å²) in [4.78, 5) is 0. The van der Waals surface area contributed by atoms with Crippen molar-refractivity contribution in [3.8, 4) is 12.3 Å². The summed E-state index contributed by atoms with van der Waals surface area (Å²) in [6.45, 7) is 0.659. The highest BCUT2D eigenvalue weighted by atomic mass is 31.0. The van der Waals surface area contributed by atoms with Crippen molar-refractivity contribution in [1.82, 2.24) is 0 Å². The van der Waals surface area contributed by atoms with Crippen molar-refractivity contribution in [2.24, 2.45) is 0 Å². The van der Waals surface area contributed by atoms with Crippen molar-refractivity contribution in [3.05, 3.63) is 0 Å². The van der Waals surface area contributed by atoms with Gasteiger partial charge in [0.25, 0.3) is 0 Å². The average molecular weight is 160 g/mol. The maximum Gasteiger partial charge on any atom is 0.0650 e. The standard InChI is InChI=1S/C7H13O2P/c1-2-4-7(8)5-3-6-9-10/h1,7-8H,3-6,10H2/t7-/m1/s1. The van der Waals surface area contributed by atoms with Crippen molar-refractivity contribution >= 4 is 9.47 Å². The van der Waals surface area contributed by atoms with E-state index in [0.717, 1.165) is 12.8 Å². The molecule has 1 N–H and O–H groups in total. The highest BCUT2D eigenvalue weighted by Crippen LogP contribution is 2.01. The predicted molar refractivity (Wildman–Crippen MR) is 44.4 cm³/mol. The summed E-state index contributed by atoms with van der Waals surface area (Å²) in [5.74, 6) is 2.40. The number of rotatable bonds is 5. The molecule has 0 radical (unpaired) electrons. The zero-order valence-corrected chi connectivity index (χ0v) is 7.07. The molecule has 0 heterocycles. The van der Waals surface area contributed by atoms with E-state index in [0.29, 0.717) is 13.0 Å². The Morgan fingerprint density at radius 2 is 2.40 bits per heavy atom. The summed E-state index contributed by atoms with van der Waals surface area (Å²) in [5.41, 5.74) is 0. The normalized spacial score (nSPS) is 12.5. The summed E-state index contributed by atoms with van der Waals surface area (Å²) in [6.07, 6.45) is 6.65. The Morgan fingerprint density at radius 1 is 1.70 bits per heavy atom. The molecule has 0 aromatic rings. The molecule has 10 heavy (non-hydrogen) atoms. The number of hydrogen-bond acceptors (Lipinski definition) is 2. The van der Waals surface area contributed by atoms with Gasteiger partial charge in [0.05, 0.1) is 12.7 Å². The molecule has 0 aliphatic rings. The van der Waals surface area contributed by atoms with Crippen LogP contribution in [0.25, 0.3) is 0 Å². The third-order valence-corrected chi connectivity index (χ3v) is 1.39. The van der Waals surface area contributed by atoms with Crippen molar-refractivity contribution in [1.29, 1.82) is 0 Å². The van der Waals surface area contributed by atoms with Gasteiger partial charge in [0.2, 0.25) is 0 Å². The summed E-state index contributed by atoms with van der Waals surface area (Å²) in [5, 5.41) is 9.07. The molecule has 58 valence electrons. The molecule has 2 atom stereocenters. The van der Waals surface area contributed by atoms with Crippen LogP contribution in [0, 0.1) is 12.3 Å². The quantitative estimate of drug-likeness (QED) is 0.368. The Labute approximate surface area is 64.3 Å². The summed E-state index contributed by atoms with van der Waals surface area (Å²) < 4.78 is 4.72. The van der Waals surface area contributed by atoms with Crippen LogP contribution < -0.4 is 0 Å². The maximum atomic E-state index is 9.07. The van der Waals surface area contributed by atoms with Gasteiger partial charge in [0.15, 0.2) is 0 Å². The molecule has 3 heteroatoms. The summed E-state index contributed by atoms with van der Waals surface area (Å²) in [6, 6.07) is 0. The molecule has 0 aliphatic carbocycles. The zero-order valence-electron chi connectivity index (χ0n) is 5.92. The number of terminal acetylenes is 1. The van der Waals surface area contributed by atoms with Gasteiger partial charge in [-0.2, -0.15) is 0 Å². The highest BCUT2D eigenvalue weighted by molar-refractivity contribution is 7.09. The van der Waals surface area contributed by atoms with Crippen molar-refractivity contribution in [2.75, 3.05) is 6.61 Å². The van der Waals surface area contributed by atoms with Crippen LogP contribution in [-0.2, 0) is 4.52 Å². The molecular weight excluding hydrogens is 147 g/mol. The fourth-order valence-electron chi connectivity index (χ4n) is 0.640. The molecular formula is C7H13O2P. The van der Waals surface area contributed by atoms with E-state index in [1.54, 1.807) is 0 Å². The lowest BCUT2D eigenvalue weighted by Gasteiger charge is -2.04. The molecule has 0 saturated heterocycles. The van der Waals surface area contributed by atoms with Crippen molar-refractivity contribution in [3.63, 3.8) is 0 Å². The van der Waals surface area contributed by atoms with E-state index < -0.39 is 0 Å². The minimum absolute atomic E-state index is 0.356. The van der Waals surface area contributed by atoms with Gasteiger partial charge in [-0.25, -0.2) is 0 Å². The van der Waals surface area contributed by atoms with Gasteiger partial charge in [-0.05, 0) is 12.8 Å². The van der Waals surface area contributed by atoms with Gasteiger partial charge in [0, 0.05) is 15.9 Å². The summed E-state index contributed by atoms with van der Waals surface area (Å²) in [7, 11) is 2.17. The van der Waals surface area contributed by atoms with Crippen LogP contribution in [0.1, 0.15) is 19.3 Å². The first-order valence-corrected chi connectivity index (χ1v) is 3.71. The third kappa shape index (κ3) is 6.04. The number of aliphatic hydroxyl groups is 1. The van der Waals surface area contributed by atoms with Crippen LogP contribution in [0.3, 0.4) is 0 Å². The number of hydrogen-bond donors (Lipinski definition) is 1. The lowest BCUT2D eigenvalue weighted by atomic mass is 10.1. The molecule has 1 unspecified atom stereocenters. The molecule has 0 fully saturated rings. The van der Waals surface area contributed by atoms with E-state index in [-0.39, 0.29) is 6.10 Å². The molecule has 2 nitrogen and oxygen atoms in total. The Hall–Kier alpha value is -0.0900. The van der Waals surface area contributed by atoms with E-state index >= 15 is 0 Å². The number of aliphatic hydroxyl groups excluding tert-OH is 1. The molecule has 0 saturated carbocycles. The first-order chi connectivity index (χ1) is 4.81. The molecule has 0 aromatic carbocycles. The molecule has 0 amide bonds. The fraction of sp³-hybridized carbons (Fsp3) is 0.714. The second-order valence-corrected chi connectivity index (χ2v) is 2.41. The van der Waals surface area contributed by atoms with Crippen molar-refractivity contribution < 1.29 is 9.63 Å². The fourth-order valence-corrected chi connectivity index (χ4v) is 0.807. The van der Waals surface area contributed by atoms with Gasteiger partial charge in [-0.3, -0.25) is 0 Å². The zero-order chi connectivity index (χ0) is 7.82. The minimum atomic E-state index is -0.356. The second-order valence-electron chi connectivity index (χ2n) is 2.08. The minimum Gasteiger partial charge on any atom is -0.392 e. The Bertz CT molecular complexity index is 109. The molecule has 0 aromatic heterocycles. The van der Waals surface area contributed by atoms with Crippen LogP contribution in [0.15, 0.2) is 0 Å².